The molecule has 2 atom stereocenters. The molecule has 14 heteroatoms. The molecule has 7 rings (SSSR count). The molecule has 5 heterocycles. The number of hydrogen-bond donors (Lipinski definition) is 3. The van der Waals surface area contributed by atoms with Crippen molar-refractivity contribution in [2.24, 2.45) is 11.8 Å². The van der Waals surface area contributed by atoms with Gasteiger partial charge in [-0.05, 0) is 112 Å². The number of likely N-dealkylation sites (N-methyl/N-ethyl adjacent to an activating group) is 1. The Morgan fingerprint density at radius 3 is 2.33 bits per heavy atom. The van der Waals surface area contributed by atoms with E-state index in [1.54, 1.807) is 12.1 Å². The third-order valence-corrected chi connectivity index (χ3v) is 12.5. The molecule has 4 aliphatic rings. The number of piperazine rings is 1. The van der Waals surface area contributed by atoms with Crippen molar-refractivity contribution in [2.75, 3.05) is 82.7 Å². The topological polar surface area (TPSA) is 155 Å². The van der Waals surface area contributed by atoms with Gasteiger partial charge < -0.3 is 30.3 Å². The van der Waals surface area contributed by atoms with Crippen molar-refractivity contribution in [3.8, 4) is 17.0 Å². The van der Waals surface area contributed by atoms with E-state index in [0.717, 1.165) is 85.8 Å². The summed E-state index contributed by atoms with van der Waals surface area (Å²) in [5.74, 6) is 1.44. The normalized spacial score (nSPS) is 20.2. The number of amides is 3. The summed E-state index contributed by atoms with van der Waals surface area (Å²) in [5, 5.41) is 25.3. The van der Waals surface area contributed by atoms with Crippen LogP contribution < -0.4 is 15.5 Å². The first-order chi connectivity index (χ1) is 27.7. The van der Waals surface area contributed by atoms with Crippen LogP contribution in [0.5, 0.6) is 5.75 Å². The van der Waals surface area contributed by atoms with Crippen LogP contribution in [0.25, 0.3) is 11.3 Å². The van der Waals surface area contributed by atoms with E-state index >= 15 is 0 Å². The molecule has 0 aliphatic carbocycles. The molecule has 3 amide bonds. The Hall–Kier alpha value is -4.92. The third-order valence-electron chi connectivity index (χ3n) is 12.5. The van der Waals surface area contributed by atoms with Crippen LogP contribution in [0.2, 0.25) is 0 Å². The molecule has 3 fully saturated rings. The van der Waals surface area contributed by atoms with Gasteiger partial charge in [-0.15, -0.1) is 10.2 Å². The minimum atomic E-state index is -1.04. The smallest absolute Gasteiger partial charge is 0.261 e. The number of nitrogens with zero attached hydrogens (tertiary/aromatic N) is 7. The highest BCUT2D eigenvalue weighted by Crippen LogP contribution is 2.36. The van der Waals surface area contributed by atoms with E-state index in [1.807, 2.05) is 37.3 Å². The Balaban J connectivity index is 0.830. The number of carbonyl (C=O) groups excluding carboxylic acids is 4. The van der Waals surface area contributed by atoms with E-state index in [-0.39, 0.29) is 18.6 Å². The Kier molecular flexibility index (Phi) is 13.1. The molecule has 1 aromatic heterocycles. The molecule has 0 bridgehead atoms. The number of phenolic OH excluding ortho intramolecular Hbond substituents is 1. The van der Waals surface area contributed by atoms with Crippen molar-refractivity contribution in [3.63, 3.8) is 0 Å². The lowest BCUT2D eigenvalue weighted by Gasteiger charge is -2.47. The average Bonchev–Trinajstić information content (AvgIpc) is 3.23. The van der Waals surface area contributed by atoms with Gasteiger partial charge in [-0.2, -0.15) is 0 Å². The first-order valence-corrected chi connectivity index (χ1v) is 20.6. The number of anilines is 2. The SMILES string of the molecule is CNC(=O)C(CCC=O)N(C=O)C(=O)c1ccc(CN2CCC(CN3CCC(CN4CCN5c6cc(-c7ccccc7O)nnc6NCC5C4)CC3)CC2)cc1C. The molecular formula is C43H57N9O5. The largest absolute Gasteiger partial charge is 0.507 e. The number of benzene rings is 2. The predicted octanol–water partition coefficient (Wildman–Crippen LogP) is 3.39. The molecule has 2 unspecified atom stereocenters. The van der Waals surface area contributed by atoms with Crippen molar-refractivity contribution >= 4 is 36.0 Å². The second kappa shape index (κ2) is 18.6. The van der Waals surface area contributed by atoms with Crippen molar-refractivity contribution in [3.05, 3.63) is 65.2 Å². The summed E-state index contributed by atoms with van der Waals surface area (Å²) in [7, 11) is 1.45. The quantitative estimate of drug-likeness (QED) is 0.206. The van der Waals surface area contributed by atoms with Crippen LogP contribution >= 0.6 is 0 Å². The highest BCUT2D eigenvalue weighted by Gasteiger charge is 2.35. The van der Waals surface area contributed by atoms with Gasteiger partial charge in [0.15, 0.2) is 5.82 Å². The molecule has 0 saturated carbocycles. The molecule has 0 radical (unpaired) electrons. The zero-order valence-corrected chi connectivity index (χ0v) is 33.3. The number of rotatable bonds is 14. The summed E-state index contributed by atoms with van der Waals surface area (Å²) in [5.41, 5.74) is 4.71. The van der Waals surface area contributed by atoms with Gasteiger partial charge >= 0.3 is 0 Å². The first kappa shape index (κ1) is 40.3. The third kappa shape index (κ3) is 9.45. The number of likely N-dealkylation sites (tertiary alicyclic amines) is 2. The zero-order chi connectivity index (χ0) is 39.9. The van der Waals surface area contributed by atoms with E-state index < -0.39 is 17.9 Å². The molecule has 3 N–H and O–H groups in total. The van der Waals surface area contributed by atoms with Gasteiger partial charge in [0.2, 0.25) is 12.3 Å². The maximum absolute atomic E-state index is 13.4. The number of aromatic nitrogens is 2. The number of para-hydroxylation sites is 1. The minimum Gasteiger partial charge on any atom is -0.507 e. The van der Waals surface area contributed by atoms with Crippen LogP contribution in [0, 0.1) is 18.8 Å². The number of nitrogens with one attached hydrogen (secondary N) is 2. The molecule has 3 aromatic rings. The van der Waals surface area contributed by atoms with Crippen LogP contribution in [0.4, 0.5) is 11.5 Å². The van der Waals surface area contributed by atoms with E-state index in [0.29, 0.717) is 41.5 Å². The first-order valence-electron chi connectivity index (χ1n) is 20.6. The molecule has 3 saturated heterocycles. The summed E-state index contributed by atoms with van der Waals surface area (Å²) in [6, 6.07) is 14.4. The van der Waals surface area contributed by atoms with E-state index in [2.05, 4.69) is 46.5 Å². The fourth-order valence-corrected chi connectivity index (χ4v) is 9.26. The van der Waals surface area contributed by atoms with Gasteiger partial charge in [0.05, 0.1) is 17.4 Å². The van der Waals surface area contributed by atoms with Gasteiger partial charge in [-0.25, -0.2) is 0 Å². The maximum Gasteiger partial charge on any atom is 0.261 e. The minimum absolute atomic E-state index is 0.0698. The van der Waals surface area contributed by atoms with Crippen LogP contribution in [-0.4, -0.2) is 144 Å². The van der Waals surface area contributed by atoms with Crippen molar-refractivity contribution in [1.82, 2.24) is 35.1 Å². The lowest BCUT2D eigenvalue weighted by atomic mass is 9.92. The molecule has 304 valence electrons. The standard InChI is InChI=1S/C43H57N9O5/c1-30-22-33(9-10-35(30)43(57)52(29-54)38(7-5-21-53)42(56)44-2)27-49-17-11-31(12-18-49)25-48-15-13-32(14-16-48)26-50-19-20-51-34(28-50)24-45-41-39(51)23-37(46-47-41)36-6-3-4-8-40(36)55/h3-4,6,8-10,21-23,29,31-32,34,38,55H,5,7,11-20,24-28H2,1-2H3,(H,44,56)(H,45,47). The lowest BCUT2D eigenvalue weighted by Crippen LogP contribution is -2.58. The van der Waals surface area contributed by atoms with Crippen LogP contribution in [-0.2, 0) is 20.9 Å². The Morgan fingerprint density at radius 1 is 0.930 bits per heavy atom. The van der Waals surface area contributed by atoms with Gasteiger partial charge in [0.25, 0.3) is 5.91 Å². The average molecular weight is 780 g/mol. The number of aryl methyl sites for hydroxylation is 1. The predicted molar refractivity (Wildman–Crippen MR) is 219 cm³/mol. The fourth-order valence-electron chi connectivity index (χ4n) is 9.26. The molecule has 57 heavy (non-hydrogen) atoms. The van der Waals surface area contributed by atoms with Crippen molar-refractivity contribution < 1.29 is 24.3 Å². The highest BCUT2D eigenvalue weighted by molar-refractivity contribution is 6.04. The van der Waals surface area contributed by atoms with E-state index in [9.17, 15) is 24.3 Å². The Bertz CT molecular complexity index is 1890. The van der Waals surface area contributed by atoms with E-state index in [4.69, 9.17) is 0 Å². The number of aromatic hydroxyl groups is 1. The van der Waals surface area contributed by atoms with Gasteiger partial charge in [-0.3, -0.25) is 29.1 Å². The number of carbonyl (C=O) groups is 4. The zero-order valence-electron chi connectivity index (χ0n) is 33.3. The van der Waals surface area contributed by atoms with Crippen molar-refractivity contribution in [1.29, 1.82) is 0 Å². The molecular weight excluding hydrogens is 723 g/mol. The fraction of sp³-hybridized carbons (Fsp3) is 0.535. The number of piperidine rings is 2. The second-order valence-electron chi connectivity index (χ2n) is 16.3. The number of aldehydes is 1. The summed E-state index contributed by atoms with van der Waals surface area (Å²) in [4.78, 5) is 59.9. The highest BCUT2D eigenvalue weighted by atomic mass is 16.3. The number of hydrogen-bond acceptors (Lipinski definition) is 12. The monoisotopic (exact) mass is 779 g/mol. The number of fused-ring (bicyclic) bond motifs is 3. The Morgan fingerprint density at radius 2 is 1.65 bits per heavy atom. The lowest BCUT2D eigenvalue weighted by molar-refractivity contribution is -0.131. The van der Waals surface area contributed by atoms with Crippen LogP contribution in [0.1, 0.15) is 60.0 Å². The number of phenols is 1. The molecule has 4 aliphatic heterocycles. The summed E-state index contributed by atoms with van der Waals surface area (Å²) in [6.45, 7) is 13.3. The maximum atomic E-state index is 13.4. The number of imide groups is 1. The molecule has 0 spiro atoms. The Labute approximate surface area is 335 Å². The van der Waals surface area contributed by atoms with Gasteiger partial charge in [0, 0.05) is 70.4 Å². The van der Waals surface area contributed by atoms with Crippen LogP contribution in [0.15, 0.2) is 48.5 Å². The van der Waals surface area contributed by atoms with Crippen molar-refractivity contribution in [2.45, 2.75) is 64.1 Å². The molecule has 14 nitrogen and oxygen atoms in total. The molecule has 2 aromatic carbocycles. The van der Waals surface area contributed by atoms with E-state index in [1.165, 1.54) is 52.4 Å². The second-order valence-corrected chi connectivity index (χ2v) is 16.3. The van der Waals surface area contributed by atoms with Gasteiger partial charge in [-0.1, -0.05) is 24.3 Å². The summed E-state index contributed by atoms with van der Waals surface area (Å²) < 4.78 is 0. The summed E-state index contributed by atoms with van der Waals surface area (Å²) in [6.07, 6.45) is 6.06. The summed E-state index contributed by atoms with van der Waals surface area (Å²) >= 11 is 0. The van der Waals surface area contributed by atoms with Gasteiger partial charge in [0.1, 0.15) is 18.1 Å². The van der Waals surface area contributed by atoms with Crippen LogP contribution in [0.3, 0.4) is 0 Å².